The molecule has 0 unspecified atom stereocenters. The lowest BCUT2D eigenvalue weighted by molar-refractivity contribution is 0.102. The van der Waals surface area contributed by atoms with Gasteiger partial charge in [-0.05, 0) is 89.8 Å². The number of para-hydroxylation sites is 1. The Hall–Kier alpha value is -6.18. The van der Waals surface area contributed by atoms with Gasteiger partial charge in [-0.1, -0.05) is 48.5 Å². The number of hydrogen-bond acceptors (Lipinski definition) is 8. The molecule has 0 fully saturated rings. The first kappa shape index (κ1) is 35.2. The van der Waals surface area contributed by atoms with E-state index >= 15 is 0 Å². The maximum absolute atomic E-state index is 13.2. The number of aromatic nitrogens is 2. The number of amides is 2. The highest BCUT2D eigenvalue weighted by atomic mass is 32.2. The molecule has 1 aliphatic heterocycles. The largest absolute Gasteiger partial charge is 0.490 e. The summed E-state index contributed by atoms with van der Waals surface area (Å²) < 4.78 is 51.6. The van der Waals surface area contributed by atoms with E-state index in [4.69, 9.17) is 14.2 Å². The molecule has 1 aliphatic rings. The molecule has 13 heteroatoms. The highest BCUT2D eigenvalue weighted by Crippen LogP contribution is 2.40. The number of anilines is 2. The number of hydrogen-bond donors (Lipinski definition) is 2. The predicted octanol–water partition coefficient (Wildman–Crippen LogP) is 7.28. The first-order chi connectivity index (χ1) is 25.5. The summed E-state index contributed by atoms with van der Waals surface area (Å²) in [6.07, 6.45) is 3.14. The SMILES string of the molecule is Cc1cccc(OCCOC(=O)N2CCOc3c(-c4cnn(Cc5cccc(C(=O)Nc6ccc7cc(S(=O)(=O)O)ccc7c6)c5)c4)cccc32)c1C. The molecule has 2 amide bonds. The monoisotopic (exact) mass is 732 g/mol. The van der Waals surface area contributed by atoms with E-state index in [-0.39, 0.29) is 24.0 Å². The number of nitrogens with one attached hydrogen (secondary N) is 1. The number of benzene rings is 5. The minimum Gasteiger partial charge on any atom is -0.490 e. The van der Waals surface area contributed by atoms with Crippen LogP contribution in [0.2, 0.25) is 0 Å². The Morgan fingerprint density at radius 3 is 2.57 bits per heavy atom. The molecular weight excluding hydrogens is 697 g/mol. The molecule has 5 aromatic carbocycles. The molecule has 6 aromatic rings. The zero-order valence-electron chi connectivity index (χ0n) is 29.0. The van der Waals surface area contributed by atoms with Gasteiger partial charge in [0.15, 0.2) is 5.75 Å². The summed E-state index contributed by atoms with van der Waals surface area (Å²) in [7, 11) is -4.32. The third-order valence-corrected chi connectivity index (χ3v) is 9.88. The van der Waals surface area contributed by atoms with Crippen LogP contribution in [0.15, 0.2) is 114 Å². The van der Waals surface area contributed by atoms with Gasteiger partial charge in [-0.25, -0.2) is 4.79 Å². The lowest BCUT2D eigenvalue weighted by Gasteiger charge is -2.30. The van der Waals surface area contributed by atoms with Crippen molar-refractivity contribution in [1.82, 2.24) is 9.78 Å². The molecule has 0 saturated heterocycles. The summed E-state index contributed by atoms with van der Waals surface area (Å²) in [5, 5.41) is 8.75. The van der Waals surface area contributed by atoms with Gasteiger partial charge in [0, 0.05) is 28.6 Å². The van der Waals surface area contributed by atoms with Crippen LogP contribution in [0, 0.1) is 13.8 Å². The molecule has 0 radical (unpaired) electrons. The highest BCUT2D eigenvalue weighted by molar-refractivity contribution is 7.85. The van der Waals surface area contributed by atoms with Crippen LogP contribution < -0.4 is 19.7 Å². The Labute approximate surface area is 306 Å². The lowest BCUT2D eigenvalue weighted by atomic mass is 10.1. The number of aryl methyl sites for hydroxylation is 1. The normalized spacial score (nSPS) is 12.5. The molecule has 0 aliphatic carbocycles. The molecule has 0 atom stereocenters. The van der Waals surface area contributed by atoms with E-state index in [9.17, 15) is 22.6 Å². The topological polar surface area (TPSA) is 149 Å². The van der Waals surface area contributed by atoms with E-state index in [2.05, 4.69) is 10.4 Å². The summed E-state index contributed by atoms with van der Waals surface area (Å²) in [5.41, 5.74) is 6.20. The molecule has 0 spiro atoms. The fourth-order valence-electron chi connectivity index (χ4n) is 6.16. The minimum absolute atomic E-state index is 0.0976. The fraction of sp³-hybridized carbons (Fsp3) is 0.175. The van der Waals surface area contributed by atoms with Crippen molar-refractivity contribution in [3.05, 3.63) is 132 Å². The zero-order chi connectivity index (χ0) is 37.1. The quantitative estimate of drug-likeness (QED) is 0.109. The second-order valence-electron chi connectivity index (χ2n) is 12.6. The number of fused-ring (bicyclic) bond motifs is 2. The summed E-state index contributed by atoms with van der Waals surface area (Å²) in [4.78, 5) is 27.7. The van der Waals surface area contributed by atoms with Crippen molar-refractivity contribution in [3.8, 4) is 22.6 Å². The van der Waals surface area contributed by atoms with Crippen molar-refractivity contribution < 1.29 is 36.8 Å². The van der Waals surface area contributed by atoms with Gasteiger partial charge in [-0.3, -0.25) is 18.9 Å². The van der Waals surface area contributed by atoms with E-state index in [1.807, 2.05) is 62.5 Å². The van der Waals surface area contributed by atoms with Crippen LogP contribution in [0.3, 0.4) is 0 Å². The van der Waals surface area contributed by atoms with E-state index in [0.29, 0.717) is 53.2 Å². The van der Waals surface area contributed by atoms with Crippen LogP contribution in [0.1, 0.15) is 27.0 Å². The van der Waals surface area contributed by atoms with Crippen LogP contribution in [0.5, 0.6) is 11.5 Å². The summed E-state index contributed by atoms with van der Waals surface area (Å²) in [5.74, 6) is 1.02. The molecule has 270 valence electrons. The number of rotatable bonds is 10. The number of carbonyl (C=O) groups is 2. The molecule has 2 heterocycles. The highest BCUT2D eigenvalue weighted by Gasteiger charge is 2.27. The fourth-order valence-corrected chi connectivity index (χ4v) is 6.67. The molecule has 0 saturated carbocycles. The molecule has 7 rings (SSSR count). The third kappa shape index (κ3) is 7.86. The van der Waals surface area contributed by atoms with Crippen LogP contribution in [0.25, 0.3) is 21.9 Å². The van der Waals surface area contributed by atoms with Gasteiger partial charge in [0.2, 0.25) is 0 Å². The summed E-state index contributed by atoms with van der Waals surface area (Å²) in [6, 6.07) is 28.0. The maximum Gasteiger partial charge on any atom is 0.414 e. The van der Waals surface area contributed by atoms with Gasteiger partial charge in [0.25, 0.3) is 16.0 Å². The zero-order valence-corrected chi connectivity index (χ0v) is 29.8. The van der Waals surface area contributed by atoms with Crippen LogP contribution in [0.4, 0.5) is 16.2 Å². The number of carbonyl (C=O) groups excluding carboxylic acids is 2. The molecule has 0 bridgehead atoms. The van der Waals surface area contributed by atoms with Crippen LogP contribution in [-0.4, -0.2) is 61.1 Å². The van der Waals surface area contributed by atoms with Crippen molar-refractivity contribution in [1.29, 1.82) is 0 Å². The first-order valence-corrected chi connectivity index (χ1v) is 18.3. The van der Waals surface area contributed by atoms with Crippen molar-refractivity contribution >= 4 is 44.3 Å². The Bertz CT molecular complexity index is 2460. The molecule has 12 nitrogen and oxygen atoms in total. The Kier molecular flexibility index (Phi) is 9.85. The second-order valence-corrected chi connectivity index (χ2v) is 14.0. The van der Waals surface area contributed by atoms with Crippen LogP contribution >= 0.6 is 0 Å². The average molecular weight is 733 g/mol. The Morgan fingerprint density at radius 2 is 1.72 bits per heavy atom. The average Bonchev–Trinajstić information content (AvgIpc) is 3.62. The van der Waals surface area contributed by atoms with Gasteiger partial charge in [0.1, 0.15) is 25.6 Å². The molecule has 53 heavy (non-hydrogen) atoms. The Morgan fingerprint density at radius 1 is 0.925 bits per heavy atom. The predicted molar refractivity (Wildman–Crippen MR) is 201 cm³/mol. The van der Waals surface area contributed by atoms with E-state index < -0.39 is 16.2 Å². The first-order valence-electron chi connectivity index (χ1n) is 16.9. The Balaban J connectivity index is 0.994. The second kappa shape index (κ2) is 14.8. The molecule has 2 N–H and O–H groups in total. The standard InChI is InChI=1S/C40H36N4O8S/c1-26-6-3-11-37(27(26)2)50-18-19-52-40(46)44-16-17-51-38-35(9-5-10-36(38)44)32-23-41-43(25-32)24-28-7-4-8-31(20-28)39(45)42-33-14-12-30-22-34(53(47,48)49)15-13-29(30)21-33/h3-15,20-23,25H,16-19,24H2,1-2H3,(H,42,45)(H,47,48,49). The summed E-state index contributed by atoms with van der Waals surface area (Å²) in [6.45, 7) is 5.38. The van der Waals surface area contributed by atoms with Gasteiger partial charge >= 0.3 is 6.09 Å². The number of nitrogens with zero attached hydrogens (tertiary/aromatic N) is 3. The third-order valence-electron chi connectivity index (χ3n) is 9.03. The van der Waals surface area contributed by atoms with Gasteiger partial charge < -0.3 is 19.5 Å². The van der Waals surface area contributed by atoms with E-state index in [1.165, 1.54) is 12.1 Å². The van der Waals surface area contributed by atoms with Crippen LogP contribution in [-0.2, 0) is 21.4 Å². The van der Waals surface area contributed by atoms with E-state index in [1.54, 1.807) is 58.2 Å². The van der Waals surface area contributed by atoms with Crippen molar-refractivity contribution in [3.63, 3.8) is 0 Å². The van der Waals surface area contributed by atoms with Crippen molar-refractivity contribution in [2.24, 2.45) is 0 Å². The van der Waals surface area contributed by atoms with Gasteiger partial charge in [-0.15, -0.1) is 0 Å². The molecule has 1 aromatic heterocycles. The van der Waals surface area contributed by atoms with Crippen molar-refractivity contribution in [2.45, 2.75) is 25.3 Å². The smallest absolute Gasteiger partial charge is 0.414 e. The molecular formula is C40H36N4O8S. The lowest BCUT2D eigenvalue weighted by Crippen LogP contribution is -2.39. The summed E-state index contributed by atoms with van der Waals surface area (Å²) >= 11 is 0. The van der Waals surface area contributed by atoms with Gasteiger partial charge in [-0.2, -0.15) is 13.5 Å². The van der Waals surface area contributed by atoms with E-state index in [0.717, 1.165) is 33.6 Å². The number of ether oxygens (including phenoxy) is 3. The van der Waals surface area contributed by atoms with Crippen molar-refractivity contribution in [2.75, 3.05) is 36.6 Å². The minimum atomic E-state index is -4.32. The maximum atomic E-state index is 13.2. The van der Waals surface area contributed by atoms with Gasteiger partial charge in [0.05, 0.1) is 29.9 Å².